The molecule has 0 spiro atoms. The Balaban J connectivity index is 2.20. The number of carboxylic acid groups (broad SMARTS) is 2. The highest BCUT2D eigenvalue weighted by molar-refractivity contribution is 8.26. The molecule has 7 nitrogen and oxygen atoms in total. The van der Waals surface area contributed by atoms with E-state index < -0.39 is 30.5 Å². The van der Waals surface area contributed by atoms with E-state index >= 15 is 0 Å². The fourth-order valence-electron chi connectivity index (χ4n) is 2.07. The first-order chi connectivity index (χ1) is 11.8. The van der Waals surface area contributed by atoms with Gasteiger partial charge < -0.3 is 14.9 Å². The molecule has 25 heavy (non-hydrogen) atoms. The predicted molar refractivity (Wildman–Crippen MR) is 96.3 cm³/mol. The lowest BCUT2D eigenvalue weighted by atomic mass is 10.2. The van der Waals surface area contributed by atoms with Gasteiger partial charge in [-0.15, -0.1) is 0 Å². The van der Waals surface area contributed by atoms with Gasteiger partial charge in [-0.3, -0.25) is 14.5 Å². The summed E-state index contributed by atoms with van der Waals surface area (Å²) in [6.07, 6.45) is 0.924. The Kier molecular flexibility index (Phi) is 6.16. The summed E-state index contributed by atoms with van der Waals surface area (Å²) in [5, 5.41) is 17.9. The van der Waals surface area contributed by atoms with Gasteiger partial charge in [-0.2, -0.15) is 0 Å². The molecule has 0 radical (unpaired) electrons. The molecule has 1 unspecified atom stereocenters. The second kappa shape index (κ2) is 8.13. The van der Waals surface area contributed by atoms with Crippen LogP contribution in [0.25, 0.3) is 6.08 Å². The van der Waals surface area contributed by atoms with Gasteiger partial charge in [0.15, 0.2) is 6.10 Å². The molecule has 0 bridgehead atoms. The molecule has 0 aromatic heterocycles. The van der Waals surface area contributed by atoms with E-state index in [0.717, 1.165) is 16.7 Å². The minimum Gasteiger partial charge on any atom is -0.480 e. The molecule has 2 N–H and O–H groups in total. The van der Waals surface area contributed by atoms with Crippen molar-refractivity contribution < 1.29 is 29.3 Å². The maximum Gasteiger partial charge on any atom is 0.344 e. The number of hydrogen-bond donors (Lipinski definition) is 2. The standard InChI is InChI=1S/C16H15NO6S2/c1-2-11(15(21)22)23-10-5-3-4-9(6-10)7-12-14(20)17(8-13(18)19)16(24)25-12/h3-7,11H,2,8H2,1H3,(H,18,19)(H,21,22)/b12-7-. The first-order valence-corrected chi connectivity index (χ1v) is 8.51. The minimum atomic E-state index is -1.15. The molecule has 1 aliphatic heterocycles. The SMILES string of the molecule is CCC(Oc1cccc(/C=C2\SC(=S)N(CC(=O)O)C2=O)c1)C(=O)O. The van der Waals surface area contributed by atoms with Crippen LogP contribution in [0.5, 0.6) is 5.75 Å². The van der Waals surface area contributed by atoms with Gasteiger partial charge in [0.05, 0.1) is 4.91 Å². The topological polar surface area (TPSA) is 104 Å². The van der Waals surface area contributed by atoms with Crippen LogP contribution in [-0.4, -0.2) is 49.9 Å². The highest BCUT2D eigenvalue weighted by atomic mass is 32.2. The van der Waals surface area contributed by atoms with Gasteiger partial charge in [0.1, 0.15) is 16.6 Å². The van der Waals surface area contributed by atoms with E-state index in [1.54, 1.807) is 37.3 Å². The van der Waals surface area contributed by atoms with Crippen molar-refractivity contribution in [3.8, 4) is 5.75 Å². The second-order valence-electron chi connectivity index (χ2n) is 5.09. The van der Waals surface area contributed by atoms with Crippen LogP contribution in [0.15, 0.2) is 29.2 Å². The summed E-state index contributed by atoms with van der Waals surface area (Å²) in [7, 11) is 0. The number of carboxylic acids is 2. The van der Waals surface area contributed by atoms with Gasteiger partial charge in [0, 0.05) is 0 Å². The highest BCUT2D eigenvalue weighted by Crippen LogP contribution is 2.32. The summed E-state index contributed by atoms with van der Waals surface area (Å²) in [6.45, 7) is 1.22. The van der Waals surface area contributed by atoms with Crippen molar-refractivity contribution in [3.63, 3.8) is 0 Å². The van der Waals surface area contributed by atoms with Gasteiger partial charge in [-0.05, 0) is 30.2 Å². The molecular weight excluding hydrogens is 366 g/mol. The third kappa shape index (κ3) is 4.80. The Morgan fingerprint density at radius 2 is 2.12 bits per heavy atom. The van der Waals surface area contributed by atoms with Crippen molar-refractivity contribution in [3.05, 3.63) is 34.7 Å². The van der Waals surface area contributed by atoms with Crippen LogP contribution >= 0.6 is 24.0 Å². The van der Waals surface area contributed by atoms with Crippen LogP contribution < -0.4 is 4.74 Å². The lowest BCUT2D eigenvalue weighted by Gasteiger charge is -2.13. The molecule has 1 heterocycles. The highest BCUT2D eigenvalue weighted by Gasteiger charge is 2.33. The Bertz CT molecular complexity index is 761. The largest absolute Gasteiger partial charge is 0.480 e. The van der Waals surface area contributed by atoms with Gasteiger partial charge in [0.2, 0.25) is 0 Å². The number of carbonyl (C=O) groups is 3. The number of carbonyl (C=O) groups excluding carboxylic acids is 1. The molecule has 2 rings (SSSR count). The van der Waals surface area contributed by atoms with Crippen LogP contribution in [0.2, 0.25) is 0 Å². The molecule has 1 aliphatic rings. The average Bonchev–Trinajstić information content (AvgIpc) is 2.80. The molecule has 9 heteroatoms. The van der Waals surface area contributed by atoms with Crippen LogP contribution in [0.1, 0.15) is 18.9 Å². The molecule has 132 valence electrons. The van der Waals surface area contributed by atoms with Crippen LogP contribution in [0.3, 0.4) is 0 Å². The number of hydrogen-bond acceptors (Lipinski definition) is 6. The van der Waals surface area contributed by atoms with Gasteiger partial charge in [-0.1, -0.05) is 43.0 Å². The molecule has 1 saturated heterocycles. The monoisotopic (exact) mass is 381 g/mol. The van der Waals surface area contributed by atoms with E-state index in [2.05, 4.69) is 0 Å². The number of rotatable bonds is 7. The molecule has 1 aromatic carbocycles. The van der Waals surface area contributed by atoms with Gasteiger partial charge >= 0.3 is 11.9 Å². The normalized spacial score (nSPS) is 17.0. The molecule has 1 aromatic rings. The van der Waals surface area contributed by atoms with Crippen LogP contribution in [0.4, 0.5) is 0 Å². The second-order valence-corrected chi connectivity index (χ2v) is 6.76. The lowest BCUT2D eigenvalue weighted by molar-refractivity contribution is -0.145. The van der Waals surface area contributed by atoms with Crippen molar-refractivity contribution in [2.24, 2.45) is 0 Å². The molecule has 1 atom stereocenters. The zero-order valence-electron chi connectivity index (χ0n) is 13.2. The number of amides is 1. The van der Waals surface area contributed by atoms with Gasteiger partial charge in [0.25, 0.3) is 5.91 Å². The number of nitrogens with zero attached hydrogens (tertiary/aromatic N) is 1. The zero-order chi connectivity index (χ0) is 18.6. The summed E-state index contributed by atoms with van der Waals surface area (Å²) < 4.78 is 5.60. The Morgan fingerprint density at radius 3 is 2.72 bits per heavy atom. The van der Waals surface area contributed by atoms with E-state index in [1.807, 2.05) is 0 Å². The fraction of sp³-hybridized carbons (Fsp3) is 0.250. The summed E-state index contributed by atoms with van der Waals surface area (Å²) in [5.41, 5.74) is 0.619. The summed E-state index contributed by atoms with van der Waals surface area (Å²) >= 11 is 6.05. The molecule has 1 fully saturated rings. The summed E-state index contributed by atoms with van der Waals surface area (Å²) in [4.78, 5) is 35.4. The van der Waals surface area contributed by atoms with Crippen molar-refractivity contribution in [2.75, 3.05) is 6.54 Å². The molecular formula is C16H15NO6S2. The minimum absolute atomic E-state index is 0.183. The van der Waals surface area contributed by atoms with Crippen LogP contribution in [0, 0.1) is 0 Å². The van der Waals surface area contributed by atoms with Crippen molar-refractivity contribution in [2.45, 2.75) is 19.4 Å². The average molecular weight is 381 g/mol. The molecule has 0 saturated carbocycles. The quantitative estimate of drug-likeness (QED) is 0.547. The smallest absolute Gasteiger partial charge is 0.344 e. The van der Waals surface area contributed by atoms with Crippen LogP contribution in [-0.2, 0) is 14.4 Å². The van der Waals surface area contributed by atoms with E-state index in [1.165, 1.54) is 0 Å². The zero-order valence-corrected chi connectivity index (χ0v) is 14.8. The molecule has 1 amide bonds. The van der Waals surface area contributed by atoms with Gasteiger partial charge in [-0.25, -0.2) is 4.79 Å². The van der Waals surface area contributed by atoms with E-state index in [0.29, 0.717) is 22.6 Å². The third-order valence-corrected chi connectivity index (χ3v) is 4.63. The Morgan fingerprint density at radius 1 is 1.40 bits per heavy atom. The lowest BCUT2D eigenvalue weighted by Crippen LogP contribution is -2.33. The third-order valence-electron chi connectivity index (χ3n) is 3.25. The van der Waals surface area contributed by atoms with Crippen molar-refractivity contribution in [1.29, 1.82) is 0 Å². The Labute approximate surface area is 153 Å². The number of benzene rings is 1. The van der Waals surface area contributed by atoms with Crippen molar-refractivity contribution >= 4 is 52.2 Å². The first kappa shape index (κ1) is 18.9. The summed E-state index contributed by atoms with van der Waals surface area (Å²) in [5.74, 6) is -2.31. The van der Waals surface area contributed by atoms with E-state index in [4.69, 9.17) is 27.2 Å². The number of ether oxygens (including phenoxy) is 1. The van der Waals surface area contributed by atoms with Crippen molar-refractivity contribution in [1.82, 2.24) is 4.90 Å². The Hall–Kier alpha value is -2.39. The maximum atomic E-state index is 12.2. The maximum absolute atomic E-state index is 12.2. The molecule has 0 aliphatic carbocycles. The van der Waals surface area contributed by atoms with E-state index in [-0.39, 0.29) is 4.32 Å². The van der Waals surface area contributed by atoms with E-state index in [9.17, 15) is 14.4 Å². The number of thioether (sulfide) groups is 1. The first-order valence-electron chi connectivity index (χ1n) is 7.28. The number of thiocarbonyl (C=S) groups is 1. The fourth-order valence-corrected chi connectivity index (χ4v) is 3.33. The number of aliphatic carboxylic acids is 2. The summed E-state index contributed by atoms with van der Waals surface area (Å²) in [6, 6.07) is 6.62. The predicted octanol–water partition coefficient (Wildman–Crippen LogP) is 2.21.